The smallest absolute Gasteiger partial charge is 0.407 e. The molecule has 22 heavy (non-hydrogen) atoms. The van der Waals surface area contributed by atoms with Crippen LogP contribution in [0, 0.1) is 0 Å². The first kappa shape index (κ1) is 16.2. The Balaban J connectivity index is 2.05. The van der Waals surface area contributed by atoms with E-state index in [1.165, 1.54) is 0 Å². The predicted molar refractivity (Wildman–Crippen MR) is 87.4 cm³/mol. The first-order valence-electron chi connectivity index (χ1n) is 7.42. The maximum absolute atomic E-state index is 11.8. The van der Waals surface area contributed by atoms with E-state index in [4.69, 9.17) is 9.47 Å². The number of hydrogen-bond donors (Lipinski definition) is 2. The van der Waals surface area contributed by atoms with E-state index in [1.54, 1.807) is 7.11 Å². The van der Waals surface area contributed by atoms with Crippen molar-refractivity contribution >= 4 is 17.0 Å². The molecule has 2 N–H and O–H groups in total. The molecule has 0 fully saturated rings. The molecule has 1 aromatic heterocycles. The second kappa shape index (κ2) is 6.30. The van der Waals surface area contributed by atoms with E-state index in [-0.39, 0.29) is 6.04 Å². The molecule has 5 nitrogen and oxygen atoms in total. The van der Waals surface area contributed by atoms with Gasteiger partial charge in [-0.15, -0.1) is 0 Å². The minimum atomic E-state index is -0.488. The highest BCUT2D eigenvalue weighted by atomic mass is 16.6. The largest absolute Gasteiger partial charge is 0.497 e. The van der Waals surface area contributed by atoms with E-state index >= 15 is 0 Å². The highest BCUT2D eigenvalue weighted by molar-refractivity contribution is 5.84. The summed E-state index contributed by atoms with van der Waals surface area (Å²) in [6.45, 7) is 7.51. The van der Waals surface area contributed by atoms with Gasteiger partial charge in [0.05, 0.1) is 7.11 Å². The van der Waals surface area contributed by atoms with Crippen LogP contribution in [-0.4, -0.2) is 29.8 Å². The number of aromatic amines is 1. The topological polar surface area (TPSA) is 63.3 Å². The Morgan fingerprint density at radius 3 is 2.73 bits per heavy atom. The SMILES string of the molecule is COc1ccc2[nH]cc(C[C@H](C)NC(=O)OC(C)(C)C)c2c1. The molecule has 1 atom stereocenters. The Morgan fingerprint density at radius 1 is 1.36 bits per heavy atom. The van der Waals surface area contributed by atoms with Gasteiger partial charge >= 0.3 is 6.09 Å². The number of benzene rings is 1. The van der Waals surface area contributed by atoms with Crippen LogP contribution in [0.25, 0.3) is 10.9 Å². The van der Waals surface area contributed by atoms with Gasteiger partial charge in [0.15, 0.2) is 0 Å². The third-order valence-corrected chi connectivity index (χ3v) is 3.26. The average molecular weight is 304 g/mol. The van der Waals surface area contributed by atoms with Crippen LogP contribution in [0.15, 0.2) is 24.4 Å². The summed E-state index contributed by atoms with van der Waals surface area (Å²) in [4.78, 5) is 15.0. The number of nitrogens with one attached hydrogen (secondary N) is 2. The summed E-state index contributed by atoms with van der Waals surface area (Å²) in [7, 11) is 1.65. The highest BCUT2D eigenvalue weighted by Gasteiger charge is 2.18. The fourth-order valence-electron chi connectivity index (χ4n) is 2.34. The van der Waals surface area contributed by atoms with Crippen molar-refractivity contribution in [1.29, 1.82) is 0 Å². The molecule has 0 bridgehead atoms. The van der Waals surface area contributed by atoms with Crippen molar-refractivity contribution in [3.63, 3.8) is 0 Å². The zero-order valence-corrected chi connectivity index (χ0v) is 13.8. The van der Waals surface area contributed by atoms with Gasteiger partial charge in [-0.25, -0.2) is 4.79 Å². The number of methoxy groups -OCH3 is 1. The summed E-state index contributed by atoms with van der Waals surface area (Å²) in [5, 5.41) is 3.97. The highest BCUT2D eigenvalue weighted by Crippen LogP contribution is 2.24. The van der Waals surface area contributed by atoms with Gasteiger partial charge in [0.25, 0.3) is 0 Å². The maximum atomic E-state index is 11.8. The molecule has 1 aromatic carbocycles. The lowest BCUT2D eigenvalue weighted by molar-refractivity contribution is 0.0508. The number of carbonyl (C=O) groups is 1. The van der Waals surface area contributed by atoms with Gasteiger partial charge in [0, 0.05) is 23.1 Å². The average Bonchev–Trinajstić information content (AvgIpc) is 2.78. The van der Waals surface area contributed by atoms with Crippen LogP contribution < -0.4 is 10.1 Å². The molecule has 0 aliphatic rings. The van der Waals surface area contributed by atoms with E-state index in [2.05, 4.69) is 10.3 Å². The normalized spacial score (nSPS) is 13.0. The first-order chi connectivity index (χ1) is 10.3. The first-order valence-corrected chi connectivity index (χ1v) is 7.42. The third kappa shape index (κ3) is 4.16. The van der Waals surface area contributed by atoms with E-state index in [9.17, 15) is 4.79 Å². The van der Waals surface area contributed by atoms with Crippen LogP contribution in [0.1, 0.15) is 33.3 Å². The number of fused-ring (bicyclic) bond motifs is 1. The van der Waals surface area contributed by atoms with Crippen molar-refractivity contribution in [2.24, 2.45) is 0 Å². The van der Waals surface area contributed by atoms with Crippen LogP contribution in [0.2, 0.25) is 0 Å². The molecular weight excluding hydrogens is 280 g/mol. The van der Waals surface area contributed by atoms with Gasteiger partial charge in [-0.2, -0.15) is 0 Å². The molecule has 1 amide bonds. The Labute approximate surface area is 131 Å². The second-order valence-corrected chi connectivity index (χ2v) is 6.48. The summed E-state index contributed by atoms with van der Waals surface area (Å²) in [6.07, 6.45) is 2.29. The van der Waals surface area contributed by atoms with Crippen LogP contribution in [0.3, 0.4) is 0 Å². The molecule has 0 spiro atoms. The van der Waals surface area contributed by atoms with Crippen molar-refractivity contribution in [1.82, 2.24) is 10.3 Å². The molecule has 120 valence electrons. The second-order valence-electron chi connectivity index (χ2n) is 6.48. The van der Waals surface area contributed by atoms with Crippen molar-refractivity contribution < 1.29 is 14.3 Å². The Morgan fingerprint density at radius 2 is 2.09 bits per heavy atom. The van der Waals surface area contributed by atoms with Gasteiger partial charge in [0.1, 0.15) is 11.4 Å². The summed E-state index contributed by atoms with van der Waals surface area (Å²) in [6, 6.07) is 5.88. The molecule has 2 aromatic rings. The number of H-pyrrole nitrogens is 1. The van der Waals surface area contributed by atoms with Crippen LogP contribution >= 0.6 is 0 Å². The molecule has 0 unspecified atom stereocenters. The lowest BCUT2D eigenvalue weighted by atomic mass is 10.1. The minimum absolute atomic E-state index is 0.0277. The Bertz CT molecular complexity index is 655. The van der Waals surface area contributed by atoms with Gasteiger partial charge in [0.2, 0.25) is 0 Å². The molecular formula is C17H24N2O3. The van der Waals surface area contributed by atoms with E-state index in [0.717, 1.165) is 22.2 Å². The monoisotopic (exact) mass is 304 g/mol. The number of alkyl carbamates (subject to hydrolysis) is 1. The molecule has 0 saturated heterocycles. The predicted octanol–water partition coefficient (Wildman–Crippen LogP) is 3.63. The summed E-state index contributed by atoms with van der Waals surface area (Å²) < 4.78 is 10.5. The standard InChI is InChI=1S/C17H24N2O3/c1-11(19-16(20)22-17(2,3)4)8-12-10-18-15-7-6-13(21-5)9-14(12)15/h6-7,9-11,18H,8H2,1-5H3,(H,19,20)/t11-/m0/s1. The molecule has 2 rings (SSSR count). The van der Waals surface area contributed by atoms with Crippen molar-refractivity contribution in [3.05, 3.63) is 30.0 Å². The van der Waals surface area contributed by atoms with E-state index < -0.39 is 11.7 Å². The summed E-state index contributed by atoms with van der Waals surface area (Å²) in [5.41, 5.74) is 1.70. The number of rotatable bonds is 4. The van der Waals surface area contributed by atoms with Crippen LogP contribution in [-0.2, 0) is 11.2 Å². The maximum Gasteiger partial charge on any atom is 0.407 e. The van der Waals surface area contributed by atoms with Gasteiger partial charge < -0.3 is 19.8 Å². The van der Waals surface area contributed by atoms with Gasteiger partial charge in [-0.05, 0) is 57.9 Å². The lowest BCUT2D eigenvalue weighted by Crippen LogP contribution is -2.38. The van der Waals surface area contributed by atoms with Gasteiger partial charge in [-0.3, -0.25) is 0 Å². The molecule has 0 radical (unpaired) electrons. The molecule has 0 saturated carbocycles. The third-order valence-electron chi connectivity index (χ3n) is 3.26. The van der Waals surface area contributed by atoms with E-state index in [1.807, 2.05) is 52.1 Å². The quantitative estimate of drug-likeness (QED) is 0.906. The number of hydrogen-bond acceptors (Lipinski definition) is 3. The van der Waals surface area contributed by atoms with Crippen molar-refractivity contribution in [2.45, 2.75) is 45.8 Å². The summed E-state index contributed by atoms with van der Waals surface area (Å²) >= 11 is 0. The minimum Gasteiger partial charge on any atom is -0.497 e. The van der Waals surface area contributed by atoms with Crippen molar-refractivity contribution in [3.8, 4) is 5.75 Å². The number of aromatic nitrogens is 1. The fourth-order valence-corrected chi connectivity index (χ4v) is 2.34. The number of amides is 1. The molecule has 1 heterocycles. The fraction of sp³-hybridized carbons (Fsp3) is 0.471. The number of ether oxygens (including phenoxy) is 2. The van der Waals surface area contributed by atoms with Crippen molar-refractivity contribution in [2.75, 3.05) is 7.11 Å². The van der Waals surface area contributed by atoms with Gasteiger partial charge in [-0.1, -0.05) is 0 Å². The molecule has 0 aliphatic carbocycles. The Kier molecular flexibility index (Phi) is 4.64. The van der Waals surface area contributed by atoms with E-state index in [0.29, 0.717) is 6.42 Å². The summed E-state index contributed by atoms with van der Waals surface area (Å²) in [5.74, 6) is 0.820. The lowest BCUT2D eigenvalue weighted by Gasteiger charge is -2.21. The zero-order valence-electron chi connectivity index (χ0n) is 13.8. The molecule has 0 aliphatic heterocycles. The zero-order chi connectivity index (χ0) is 16.3. The Hall–Kier alpha value is -2.17. The van der Waals surface area contributed by atoms with Crippen LogP contribution in [0.5, 0.6) is 5.75 Å². The molecule has 5 heteroatoms. The van der Waals surface area contributed by atoms with Crippen LogP contribution in [0.4, 0.5) is 4.79 Å². The number of carbonyl (C=O) groups excluding carboxylic acids is 1.